The van der Waals surface area contributed by atoms with Crippen LogP contribution in [0.4, 0.5) is 0 Å². The van der Waals surface area contributed by atoms with Crippen molar-refractivity contribution in [3.8, 4) is 45.8 Å². The van der Waals surface area contributed by atoms with Gasteiger partial charge in [0.2, 0.25) is 0 Å². The van der Waals surface area contributed by atoms with Crippen LogP contribution in [0, 0.1) is 13.8 Å². The molecule has 0 spiro atoms. The highest BCUT2D eigenvalue weighted by Crippen LogP contribution is 2.41. The third-order valence-electron chi connectivity index (χ3n) is 7.81. The molecule has 47 heavy (non-hydrogen) atoms. The number of aromatic nitrogens is 6. The number of nitrogens with one attached hydrogen (secondary N) is 2. The molecule has 0 atom stereocenters. The second-order valence-corrected chi connectivity index (χ2v) is 10.5. The number of nitrogens with zero attached hydrogens (tertiary/aromatic N) is 4. The van der Waals surface area contributed by atoms with Gasteiger partial charge in [0.1, 0.15) is 0 Å². The third-order valence-corrected chi connectivity index (χ3v) is 7.81. The highest BCUT2D eigenvalue weighted by atomic mass is 16.5. The number of hydrogen-bond acceptors (Lipinski definition) is 10. The number of fused-ring (bicyclic) bond motifs is 6. The van der Waals surface area contributed by atoms with Crippen molar-refractivity contribution in [2.24, 2.45) is 0 Å². The van der Waals surface area contributed by atoms with E-state index in [1.807, 2.05) is 51.1 Å². The van der Waals surface area contributed by atoms with E-state index in [4.69, 9.17) is 28.7 Å². The van der Waals surface area contributed by atoms with Crippen molar-refractivity contribution in [2.45, 2.75) is 20.8 Å². The minimum atomic E-state index is 0. The van der Waals surface area contributed by atoms with Gasteiger partial charge in [-0.25, -0.2) is 9.97 Å². The lowest BCUT2D eigenvalue weighted by Gasteiger charge is -2.14. The molecule has 0 bridgehead atoms. The largest absolute Gasteiger partial charge is 0.504 e. The van der Waals surface area contributed by atoms with E-state index < -0.39 is 0 Å². The quantitative estimate of drug-likeness (QED) is 0.192. The Balaban J connectivity index is 0.000000197. The molecule has 5 N–H and O–H groups in total. The molecule has 3 aromatic carbocycles. The number of aromatic hydroxyl groups is 1. The van der Waals surface area contributed by atoms with E-state index in [-0.39, 0.29) is 11.2 Å². The zero-order valence-electron chi connectivity index (χ0n) is 27.1. The van der Waals surface area contributed by atoms with Crippen LogP contribution in [0.25, 0.3) is 54.9 Å². The Labute approximate surface area is 269 Å². The molecule has 4 aromatic heterocycles. The predicted molar refractivity (Wildman–Crippen MR) is 180 cm³/mol. The minimum absolute atomic E-state index is 0. The lowest BCUT2D eigenvalue weighted by atomic mass is 10.00. The molecule has 7 aromatic rings. The van der Waals surface area contributed by atoms with Crippen molar-refractivity contribution in [3.05, 3.63) is 60.0 Å². The Kier molecular flexibility index (Phi) is 9.19. The molecule has 0 saturated carbocycles. The van der Waals surface area contributed by atoms with E-state index in [1.165, 1.54) is 0 Å². The first-order valence-corrected chi connectivity index (χ1v) is 14.5. The maximum Gasteiger partial charge on any atom is 0.182 e. The number of pyridine rings is 2. The minimum Gasteiger partial charge on any atom is -0.504 e. The fourth-order valence-corrected chi connectivity index (χ4v) is 5.60. The smallest absolute Gasteiger partial charge is 0.182 e. The number of H-pyrrole nitrogens is 2. The summed E-state index contributed by atoms with van der Waals surface area (Å²) in [4.78, 5) is 9.10. The van der Waals surface area contributed by atoms with Crippen LogP contribution >= 0.6 is 0 Å². The molecule has 4 heterocycles. The molecule has 7 rings (SSSR count). The van der Waals surface area contributed by atoms with Crippen molar-refractivity contribution < 1.29 is 34.3 Å². The summed E-state index contributed by atoms with van der Waals surface area (Å²) in [7, 11) is 6.47. The molecule has 0 aliphatic carbocycles. The van der Waals surface area contributed by atoms with Gasteiger partial charge in [-0.15, -0.1) is 0 Å². The second kappa shape index (κ2) is 13.3. The number of benzene rings is 3. The summed E-state index contributed by atoms with van der Waals surface area (Å²) >= 11 is 0. The number of phenolic OH excluding ortho intramolecular Hbond substituents is 1. The Morgan fingerprint density at radius 2 is 1.23 bits per heavy atom. The topological polar surface area (TPSA) is 181 Å². The molecule has 13 heteroatoms. The summed E-state index contributed by atoms with van der Waals surface area (Å²) in [6.07, 6.45) is 1.79. The highest BCUT2D eigenvalue weighted by Gasteiger charge is 2.19. The van der Waals surface area contributed by atoms with Gasteiger partial charge in [0.15, 0.2) is 45.8 Å². The number of hydrogen-bond donors (Lipinski definition) is 3. The molecule has 0 fully saturated rings. The van der Waals surface area contributed by atoms with Crippen LogP contribution in [-0.4, -0.2) is 76.0 Å². The average Bonchev–Trinajstić information content (AvgIpc) is 3.66. The van der Waals surface area contributed by atoms with Crippen molar-refractivity contribution in [3.63, 3.8) is 0 Å². The molecule has 0 aliphatic heterocycles. The monoisotopic (exact) mass is 640 g/mol. The number of rotatable bonds is 7. The van der Waals surface area contributed by atoms with E-state index in [1.54, 1.807) is 46.8 Å². The first kappa shape index (κ1) is 32.6. The molecule has 0 unspecified atom stereocenters. The van der Waals surface area contributed by atoms with Crippen LogP contribution in [0.15, 0.2) is 48.7 Å². The average molecular weight is 641 g/mol. The van der Waals surface area contributed by atoms with E-state index in [2.05, 4.69) is 25.4 Å². The van der Waals surface area contributed by atoms with Crippen LogP contribution in [0.2, 0.25) is 0 Å². The lowest BCUT2D eigenvalue weighted by Crippen LogP contribution is -1.95. The molecule has 0 aliphatic rings. The zero-order chi connectivity index (χ0) is 32.5. The van der Waals surface area contributed by atoms with Crippen molar-refractivity contribution >= 4 is 43.6 Å². The Hall–Kier alpha value is -5.82. The third kappa shape index (κ3) is 5.72. The normalized spacial score (nSPS) is 10.9. The summed E-state index contributed by atoms with van der Waals surface area (Å²) < 4.78 is 27.2. The van der Waals surface area contributed by atoms with Crippen LogP contribution < -0.4 is 23.7 Å². The summed E-state index contributed by atoms with van der Waals surface area (Å²) in [5, 5.41) is 30.4. The summed E-state index contributed by atoms with van der Waals surface area (Å²) in [6.45, 7) is 6.26. The van der Waals surface area contributed by atoms with Gasteiger partial charge in [-0.1, -0.05) is 0 Å². The van der Waals surface area contributed by atoms with Gasteiger partial charge < -0.3 is 34.3 Å². The summed E-state index contributed by atoms with van der Waals surface area (Å²) in [5.41, 5.74) is 4.77. The van der Waals surface area contributed by atoms with Crippen molar-refractivity contribution in [1.29, 1.82) is 0 Å². The number of ether oxygens (including phenoxy) is 5. The van der Waals surface area contributed by atoms with Gasteiger partial charge in [0, 0.05) is 55.5 Å². The highest BCUT2D eigenvalue weighted by molar-refractivity contribution is 6.12. The van der Waals surface area contributed by atoms with Gasteiger partial charge >= 0.3 is 0 Å². The predicted octanol–water partition coefficient (Wildman–Crippen LogP) is 5.82. The molecule has 244 valence electrons. The molecular formula is C34H36N6O7. The van der Waals surface area contributed by atoms with Crippen LogP contribution in [0.5, 0.6) is 34.5 Å². The summed E-state index contributed by atoms with van der Waals surface area (Å²) in [6, 6.07) is 12.9. The zero-order valence-corrected chi connectivity index (χ0v) is 27.1. The van der Waals surface area contributed by atoms with Gasteiger partial charge in [0.05, 0.1) is 40.7 Å². The Morgan fingerprint density at radius 1 is 0.681 bits per heavy atom. The fourth-order valence-electron chi connectivity index (χ4n) is 5.60. The van der Waals surface area contributed by atoms with E-state index >= 15 is 0 Å². The first-order valence-electron chi connectivity index (χ1n) is 14.5. The lowest BCUT2D eigenvalue weighted by molar-refractivity contribution is 0.318. The Bertz CT molecular complexity index is 2230. The van der Waals surface area contributed by atoms with Crippen molar-refractivity contribution in [2.75, 3.05) is 35.0 Å². The molecule has 13 nitrogen and oxygen atoms in total. The maximum atomic E-state index is 10.1. The second-order valence-electron chi connectivity index (χ2n) is 10.5. The van der Waals surface area contributed by atoms with Crippen LogP contribution in [0.1, 0.15) is 18.3 Å². The van der Waals surface area contributed by atoms with Crippen LogP contribution in [-0.2, 0) is 0 Å². The first-order chi connectivity index (χ1) is 22.3. The van der Waals surface area contributed by atoms with Crippen molar-refractivity contribution in [1.82, 2.24) is 30.4 Å². The molecular weight excluding hydrogens is 604 g/mol. The van der Waals surface area contributed by atoms with E-state index in [9.17, 15) is 5.11 Å². The number of phenols is 1. The standard InChI is InChI=1S/C21H21N3O4.C13H13N3O2.H2O/c1-5-28-16-8-12(6-7-15(16)25)20-14-10-18(27-4)17(26-3)9-13(14)19-11(2)23-24-21(19)22-20;1-7-12-9-5-11(18-3)10(17-2)4-8(9)6-14-13(12)16-15-7;/h6-10,25H,5H2,1-4H3,(H,22,23,24);4-6H,1-3H3,(H,14,15,16);1H2. The fraction of sp³-hybridized carbons (Fsp3) is 0.235. The summed E-state index contributed by atoms with van der Waals surface area (Å²) in [5.74, 6) is 3.15. The maximum absolute atomic E-state index is 10.1. The number of aromatic amines is 2. The number of aryl methyl sites for hydroxylation is 2. The van der Waals surface area contributed by atoms with Gasteiger partial charge in [-0.2, -0.15) is 10.2 Å². The van der Waals surface area contributed by atoms with E-state index in [0.29, 0.717) is 46.6 Å². The Morgan fingerprint density at radius 3 is 1.85 bits per heavy atom. The number of methoxy groups -OCH3 is 4. The SMILES string of the molecule is CCOc1cc(-c2nc3n[nH]c(C)c3c3cc(OC)c(OC)cc23)ccc1O.COc1cc2cnc3n[nH]c(C)c3c2cc1OC.O. The van der Waals surface area contributed by atoms with Gasteiger partial charge in [-0.05, 0) is 63.2 Å². The van der Waals surface area contributed by atoms with E-state index in [0.717, 1.165) is 55.0 Å². The molecule has 0 saturated heterocycles. The molecule has 0 amide bonds. The van der Waals surface area contributed by atoms with Gasteiger partial charge in [0.25, 0.3) is 0 Å². The van der Waals surface area contributed by atoms with Gasteiger partial charge in [-0.3, -0.25) is 10.2 Å². The molecule has 0 radical (unpaired) electrons. The van der Waals surface area contributed by atoms with Crippen LogP contribution in [0.3, 0.4) is 0 Å².